The van der Waals surface area contributed by atoms with Crippen molar-refractivity contribution < 1.29 is 19.0 Å². The standard InChI is InChI=1S/C14H16O4/c1-4-18-14(15)10-5-7-11-12(16-2)8-6-9-13(11)17-3/h6,8-9H,4,10H2,1-3H3. The quantitative estimate of drug-likeness (QED) is 0.604. The summed E-state index contributed by atoms with van der Waals surface area (Å²) in [6.07, 6.45) is 0.0506. The average Bonchev–Trinajstić information content (AvgIpc) is 2.39. The number of esters is 1. The fraction of sp³-hybridized carbons (Fsp3) is 0.357. The third-order valence-corrected chi connectivity index (χ3v) is 2.18. The molecule has 0 bridgehead atoms. The van der Waals surface area contributed by atoms with Crippen LogP contribution in [0, 0.1) is 11.8 Å². The van der Waals surface area contributed by atoms with Gasteiger partial charge in [0.25, 0.3) is 0 Å². The van der Waals surface area contributed by atoms with Gasteiger partial charge in [-0.05, 0) is 19.1 Å². The van der Waals surface area contributed by atoms with Gasteiger partial charge in [0.05, 0.1) is 20.8 Å². The molecule has 0 spiro atoms. The second-order valence-corrected chi connectivity index (χ2v) is 3.32. The fourth-order valence-electron chi connectivity index (χ4n) is 1.39. The van der Waals surface area contributed by atoms with Gasteiger partial charge in [0.2, 0.25) is 0 Å². The van der Waals surface area contributed by atoms with Gasteiger partial charge in [0, 0.05) is 0 Å². The maximum atomic E-state index is 11.2. The molecule has 96 valence electrons. The molecule has 0 aromatic heterocycles. The van der Waals surface area contributed by atoms with Crippen molar-refractivity contribution in [3.63, 3.8) is 0 Å². The van der Waals surface area contributed by atoms with Crippen LogP contribution in [0.5, 0.6) is 11.5 Å². The van der Waals surface area contributed by atoms with Crippen molar-refractivity contribution in [1.82, 2.24) is 0 Å². The van der Waals surface area contributed by atoms with Crippen LogP contribution in [-0.2, 0) is 9.53 Å². The second-order valence-electron chi connectivity index (χ2n) is 3.32. The van der Waals surface area contributed by atoms with Crippen LogP contribution >= 0.6 is 0 Å². The third-order valence-electron chi connectivity index (χ3n) is 2.18. The Labute approximate surface area is 107 Å². The van der Waals surface area contributed by atoms with Crippen LogP contribution in [0.1, 0.15) is 18.9 Å². The molecular formula is C14H16O4. The Morgan fingerprint density at radius 1 is 1.22 bits per heavy atom. The maximum Gasteiger partial charge on any atom is 0.317 e. The molecule has 0 radical (unpaired) electrons. The minimum Gasteiger partial charge on any atom is -0.495 e. The zero-order valence-electron chi connectivity index (χ0n) is 10.8. The van der Waals surface area contributed by atoms with Gasteiger partial charge in [0.15, 0.2) is 0 Å². The Morgan fingerprint density at radius 3 is 2.33 bits per heavy atom. The van der Waals surface area contributed by atoms with Crippen molar-refractivity contribution in [3.8, 4) is 23.3 Å². The highest BCUT2D eigenvalue weighted by molar-refractivity contribution is 5.72. The lowest BCUT2D eigenvalue weighted by Crippen LogP contribution is -2.01. The van der Waals surface area contributed by atoms with Crippen LogP contribution in [0.3, 0.4) is 0 Å². The Balaban J connectivity index is 2.89. The molecule has 0 amide bonds. The van der Waals surface area contributed by atoms with Gasteiger partial charge in [-0.1, -0.05) is 17.9 Å². The Hall–Kier alpha value is -2.15. The Bertz CT molecular complexity index is 446. The Kier molecular flexibility index (Phi) is 5.59. The van der Waals surface area contributed by atoms with Crippen LogP contribution in [-0.4, -0.2) is 26.8 Å². The zero-order valence-corrected chi connectivity index (χ0v) is 10.8. The molecule has 4 heteroatoms. The van der Waals surface area contributed by atoms with Crippen molar-refractivity contribution in [1.29, 1.82) is 0 Å². The summed E-state index contributed by atoms with van der Waals surface area (Å²) in [6.45, 7) is 2.12. The van der Waals surface area contributed by atoms with Crippen LogP contribution in [0.15, 0.2) is 18.2 Å². The lowest BCUT2D eigenvalue weighted by Gasteiger charge is -2.07. The fourth-order valence-corrected chi connectivity index (χ4v) is 1.39. The number of methoxy groups -OCH3 is 2. The summed E-state index contributed by atoms with van der Waals surface area (Å²) in [5, 5.41) is 0. The van der Waals surface area contributed by atoms with Crippen LogP contribution in [0.2, 0.25) is 0 Å². The van der Waals surface area contributed by atoms with Crippen LogP contribution in [0.25, 0.3) is 0 Å². The first-order chi connectivity index (χ1) is 8.72. The first-order valence-electron chi connectivity index (χ1n) is 5.58. The van der Waals surface area contributed by atoms with Gasteiger partial charge in [-0.15, -0.1) is 0 Å². The maximum absolute atomic E-state index is 11.2. The monoisotopic (exact) mass is 248 g/mol. The summed E-state index contributed by atoms with van der Waals surface area (Å²) >= 11 is 0. The van der Waals surface area contributed by atoms with E-state index in [0.717, 1.165) is 0 Å². The smallest absolute Gasteiger partial charge is 0.317 e. The van der Waals surface area contributed by atoms with E-state index in [2.05, 4.69) is 11.8 Å². The van der Waals surface area contributed by atoms with E-state index in [1.165, 1.54) is 0 Å². The molecule has 0 atom stereocenters. The summed E-state index contributed by atoms with van der Waals surface area (Å²) in [7, 11) is 3.12. The number of carbonyl (C=O) groups excluding carboxylic acids is 1. The highest BCUT2D eigenvalue weighted by atomic mass is 16.5. The Morgan fingerprint density at radius 2 is 1.83 bits per heavy atom. The number of hydrogen-bond donors (Lipinski definition) is 0. The van der Waals surface area contributed by atoms with Gasteiger partial charge in [-0.25, -0.2) is 0 Å². The predicted molar refractivity (Wildman–Crippen MR) is 67.7 cm³/mol. The van der Waals surface area contributed by atoms with E-state index in [9.17, 15) is 4.79 Å². The van der Waals surface area contributed by atoms with Crippen molar-refractivity contribution in [2.24, 2.45) is 0 Å². The van der Waals surface area contributed by atoms with Gasteiger partial charge in [-0.3, -0.25) is 4.79 Å². The number of carbonyl (C=O) groups is 1. The average molecular weight is 248 g/mol. The summed E-state index contributed by atoms with van der Waals surface area (Å²) in [5.41, 5.74) is 0.631. The van der Waals surface area contributed by atoms with Gasteiger partial charge in [0.1, 0.15) is 23.5 Å². The van der Waals surface area contributed by atoms with Crippen LogP contribution in [0.4, 0.5) is 0 Å². The first kappa shape index (κ1) is 13.9. The molecule has 1 aromatic carbocycles. The first-order valence-corrected chi connectivity index (χ1v) is 5.58. The summed E-state index contributed by atoms with van der Waals surface area (Å²) < 4.78 is 15.2. The van der Waals surface area contributed by atoms with Crippen LogP contribution < -0.4 is 9.47 Å². The van der Waals surface area contributed by atoms with E-state index in [1.54, 1.807) is 33.3 Å². The SMILES string of the molecule is CCOC(=O)CC#Cc1c(OC)cccc1OC. The molecule has 0 N–H and O–H groups in total. The minimum absolute atomic E-state index is 0.0506. The van der Waals surface area contributed by atoms with Crippen molar-refractivity contribution in [2.45, 2.75) is 13.3 Å². The lowest BCUT2D eigenvalue weighted by molar-refractivity contribution is -0.141. The molecule has 0 unspecified atom stereocenters. The molecule has 4 nitrogen and oxygen atoms in total. The van der Waals surface area contributed by atoms with E-state index in [-0.39, 0.29) is 12.4 Å². The number of rotatable bonds is 4. The summed E-state index contributed by atoms with van der Waals surface area (Å²) in [5.74, 6) is 6.52. The topological polar surface area (TPSA) is 44.8 Å². The molecule has 0 heterocycles. The summed E-state index contributed by atoms with van der Waals surface area (Å²) in [6, 6.07) is 5.39. The number of ether oxygens (including phenoxy) is 3. The molecule has 18 heavy (non-hydrogen) atoms. The molecule has 0 aliphatic rings. The molecule has 0 saturated heterocycles. The van der Waals surface area contributed by atoms with E-state index in [4.69, 9.17) is 14.2 Å². The van der Waals surface area contributed by atoms with E-state index >= 15 is 0 Å². The van der Waals surface area contributed by atoms with Crippen molar-refractivity contribution >= 4 is 5.97 Å². The molecule has 1 rings (SSSR count). The normalized spacial score (nSPS) is 9.06. The molecular weight excluding hydrogens is 232 g/mol. The highest BCUT2D eigenvalue weighted by Crippen LogP contribution is 2.26. The second kappa shape index (κ2) is 7.23. The molecule has 0 aliphatic heterocycles. The van der Waals surface area contributed by atoms with Crippen molar-refractivity contribution in [2.75, 3.05) is 20.8 Å². The molecule has 0 saturated carbocycles. The van der Waals surface area contributed by atoms with Gasteiger partial charge < -0.3 is 14.2 Å². The van der Waals surface area contributed by atoms with E-state index in [1.807, 2.05) is 6.07 Å². The third kappa shape index (κ3) is 3.70. The van der Waals surface area contributed by atoms with Gasteiger partial charge in [-0.2, -0.15) is 0 Å². The van der Waals surface area contributed by atoms with E-state index in [0.29, 0.717) is 23.7 Å². The van der Waals surface area contributed by atoms with E-state index < -0.39 is 0 Å². The van der Waals surface area contributed by atoms with Gasteiger partial charge >= 0.3 is 5.97 Å². The number of hydrogen-bond acceptors (Lipinski definition) is 4. The summed E-state index contributed by atoms with van der Waals surface area (Å²) in [4.78, 5) is 11.2. The highest BCUT2D eigenvalue weighted by Gasteiger charge is 2.06. The predicted octanol–water partition coefficient (Wildman–Crippen LogP) is 2.01. The molecule has 0 fully saturated rings. The molecule has 1 aromatic rings. The largest absolute Gasteiger partial charge is 0.495 e. The molecule has 0 aliphatic carbocycles. The number of benzene rings is 1. The lowest BCUT2D eigenvalue weighted by atomic mass is 10.1. The minimum atomic E-state index is -0.334. The van der Waals surface area contributed by atoms with Crippen molar-refractivity contribution in [3.05, 3.63) is 23.8 Å². The zero-order chi connectivity index (χ0) is 13.4.